The summed E-state index contributed by atoms with van der Waals surface area (Å²) in [5.41, 5.74) is 0. The number of likely N-dealkylation sites (tertiary alicyclic amines) is 1. The monoisotopic (exact) mass is 335 g/mol. The summed E-state index contributed by atoms with van der Waals surface area (Å²) in [7, 11) is 0. The number of nitrogen functional groups attached to an aromatic ring is 1. The number of amides is 1. The molecule has 1 aliphatic heterocycles. The molecule has 2 atom stereocenters. The van der Waals surface area contributed by atoms with Crippen molar-refractivity contribution >= 4 is 17.7 Å². The van der Waals surface area contributed by atoms with Crippen LogP contribution in [0.25, 0.3) is 0 Å². The van der Waals surface area contributed by atoms with Crippen LogP contribution in [0.15, 0.2) is 5.16 Å². The fourth-order valence-corrected chi connectivity index (χ4v) is 4.90. The molecular formula is C16H25N5OS. The lowest BCUT2D eigenvalue weighted by Crippen LogP contribution is -2.50. The number of nitrogens with zero attached hydrogens (tertiary/aromatic N) is 4. The number of rotatable bonds is 4. The molecule has 2 N–H and O–H groups in total. The number of fused-ring (bicyclic) bond motifs is 1. The SMILES string of the molecule is Nn1c(SCC(=O)N2CCC[C@@H]3CCCC[C@@H]32)nnc1C1CC1. The third-order valence-corrected chi connectivity index (χ3v) is 6.45. The molecule has 0 spiro atoms. The minimum atomic E-state index is 0.238. The van der Waals surface area contributed by atoms with E-state index in [4.69, 9.17) is 5.84 Å². The number of aromatic nitrogens is 3. The Morgan fingerprint density at radius 1 is 1.13 bits per heavy atom. The van der Waals surface area contributed by atoms with Crippen molar-refractivity contribution in [3.05, 3.63) is 5.82 Å². The first-order valence-corrected chi connectivity index (χ1v) is 9.85. The van der Waals surface area contributed by atoms with Gasteiger partial charge in [-0.15, -0.1) is 10.2 Å². The summed E-state index contributed by atoms with van der Waals surface area (Å²) in [5.74, 6) is 8.79. The van der Waals surface area contributed by atoms with Crippen LogP contribution in [0.4, 0.5) is 0 Å². The summed E-state index contributed by atoms with van der Waals surface area (Å²) >= 11 is 1.43. The van der Waals surface area contributed by atoms with E-state index in [0.717, 1.165) is 37.5 Å². The van der Waals surface area contributed by atoms with Crippen molar-refractivity contribution in [1.82, 2.24) is 19.8 Å². The van der Waals surface area contributed by atoms with E-state index < -0.39 is 0 Å². The molecule has 7 heteroatoms. The first kappa shape index (κ1) is 15.3. The smallest absolute Gasteiger partial charge is 0.233 e. The number of thioether (sulfide) groups is 1. The zero-order valence-corrected chi connectivity index (χ0v) is 14.3. The highest BCUT2D eigenvalue weighted by molar-refractivity contribution is 7.99. The highest BCUT2D eigenvalue weighted by atomic mass is 32.2. The van der Waals surface area contributed by atoms with Gasteiger partial charge < -0.3 is 10.7 Å². The van der Waals surface area contributed by atoms with Gasteiger partial charge in [0, 0.05) is 18.5 Å². The summed E-state index contributed by atoms with van der Waals surface area (Å²) < 4.78 is 1.58. The first-order valence-electron chi connectivity index (χ1n) is 8.86. The van der Waals surface area contributed by atoms with Crippen LogP contribution in [0.3, 0.4) is 0 Å². The summed E-state index contributed by atoms with van der Waals surface area (Å²) in [5, 5.41) is 9.00. The number of carbonyl (C=O) groups excluding carboxylic acids is 1. The molecule has 3 fully saturated rings. The average Bonchev–Trinajstić information content (AvgIpc) is 3.36. The Kier molecular flexibility index (Phi) is 4.22. The van der Waals surface area contributed by atoms with Crippen molar-refractivity contribution in [2.75, 3.05) is 18.1 Å². The third-order valence-electron chi connectivity index (χ3n) is 5.52. The van der Waals surface area contributed by atoms with Crippen LogP contribution in [0.5, 0.6) is 0 Å². The van der Waals surface area contributed by atoms with Gasteiger partial charge in [-0.2, -0.15) is 0 Å². The molecule has 1 aromatic rings. The number of nitrogens with two attached hydrogens (primary N) is 1. The van der Waals surface area contributed by atoms with Crippen molar-refractivity contribution in [3.8, 4) is 0 Å². The Bertz CT molecular complexity index is 583. The maximum absolute atomic E-state index is 12.7. The van der Waals surface area contributed by atoms with Crippen LogP contribution in [0, 0.1) is 5.92 Å². The molecule has 2 aliphatic carbocycles. The van der Waals surface area contributed by atoms with E-state index in [1.54, 1.807) is 4.68 Å². The first-order chi connectivity index (χ1) is 11.2. The van der Waals surface area contributed by atoms with Crippen LogP contribution < -0.4 is 5.84 Å². The molecule has 1 aromatic heterocycles. The number of piperidine rings is 1. The lowest BCUT2D eigenvalue weighted by molar-refractivity contribution is -0.134. The van der Waals surface area contributed by atoms with Crippen molar-refractivity contribution in [2.24, 2.45) is 5.92 Å². The van der Waals surface area contributed by atoms with Crippen LogP contribution >= 0.6 is 11.8 Å². The fraction of sp³-hybridized carbons (Fsp3) is 0.812. The Labute approximate surface area is 141 Å². The molecule has 23 heavy (non-hydrogen) atoms. The van der Waals surface area contributed by atoms with Gasteiger partial charge in [-0.1, -0.05) is 24.6 Å². The molecule has 2 saturated carbocycles. The molecule has 0 unspecified atom stereocenters. The van der Waals surface area contributed by atoms with E-state index in [1.807, 2.05) is 0 Å². The normalized spacial score (nSPS) is 27.7. The Balaban J connectivity index is 1.37. The molecule has 2 heterocycles. The minimum absolute atomic E-state index is 0.238. The summed E-state index contributed by atoms with van der Waals surface area (Å²) in [6.07, 6.45) is 9.81. The second-order valence-electron chi connectivity index (χ2n) is 7.11. The van der Waals surface area contributed by atoms with Crippen LogP contribution in [-0.4, -0.2) is 44.0 Å². The Hall–Kier alpha value is -1.24. The van der Waals surface area contributed by atoms with Gasteiger partial charge in [0.2, 0.25) is 11.1 Å². The number of hydrogen-bond acceptors (Lipinski definition) is 5. The molecule has 3 aliphatic rings. The topological polar surface area (TPSA) is 77.0 Å². The van der Waals surface area contributed by atoms with Gasteiger partial charge in [0.05, 0.1) is 5.75 Å². The van der Waals surface area contributed by atoms with Gasteiger partial charge in [-0.05, 0) is 44.4 Å². The van der Waals surface area contributed by atoms with E-state index >= 15 is 0 Å². The lowest BCUT2D eigenvalue weighted by Gasteiger charge is -2.44. The molecule has 126 valence electrons. The van der Waals surface area contributed by atoms with Crippen molar-refractivity contribution in [2.45, 2.75) is 68.5 Å². The molecule has 0 radical (unpaired) electrons. The maximum Gasteiger partial charge on any atom is 0.233 e. The van der Waals surface area contributed by atoms with Gasteiger partial charge in [0.15, 0.2) is 5.82 Å². The molecule has 4 rings (SSSR count). The van der Waals surface area contributed by atoms with Gasteiger partial charge in [-0.25, -0.2) is 4.68 Å². The third kappa shape index (κ3) is 3.07. The van der Waals surface area contributed by atoms with Gasteiger partial charge in [-0.3, -0.25) is 4.79 Å². The zero-order chi connectivity index (χ0) is 15.8. The highest BCUT2D eigenvalue weighted by Crippen LogP contribution is 2.39. The van der Waals surface area contributed by atoms with Gasteiger partial charge >= 0.3 is 0 Å². The molecule has 0 aromatic carbocycles. The van der Waals surface area contributed by atoms with E-state index in [1.165, 1.54) is 43.9 Å². The largest absolute Gasteiger partial charge is 0.339 e. The highest BCUT2D eigenvalue weighted by Gasteiger charge is 2.36. The second-order valence-corrected chi connectivity index (χ2v) is 8.06. The van der Waals surface area contributed by atoms with Crippen molar-refractivity contribution < 1.29 is 4.79 Å². The van der Waals surface area contributed by atoms with Gasteiger partial charge in [0.1, 0.15) is 0 Å². The standard InChI is InChI=1S/C16H25N5OS/c17-21-15(12-7-8-12)18-19-16(21)23-10-14(22)20-9-3-5-11-4-1-2-6-13(11)20/h11-13H,1-10,17H2/t11-,13-/m0/s1. The quantitative estimate of drug-likeness (QED) is 0.674. The van der Waals surface area contributed by atoms with E-state index in [-0.39, 0.29) is 5.91 Å². The van der Waals surface area contributed by atoms with Crippen LogP contribution in [0.2, 0.25) is 0 Å². The van der Waals surface area contributed by atoms with Crippen LogP contribution in [0.1, 0.15) is 63.1 Å². The molecular weight excluding hydrogens is 310 g/mol. The molecule has 1 amide bonds. The number of hydrogen-bond donors (Lipinski definition) is 1. The maximum atomic E-state index is 12.7. The molecule has 6 nitrogen and oxygen atoms in total. The fourth-order valence-electron chi connectivity index (χ4n) is 4.15. The average molecular weight is 335 g/mol. The summed E-state index contributed by atoms with van der Waals surface area (Å²) in [6, 6.07) is 0.475. The van der Waals surface area contributed by atoms with E-state index in [9.17, 15) is 4.79 Å². The predicted octanol–water partition coefficient (Wildman–Crippen LogP) is 2.14. The minimum Gasteiger partial charge on any atom is -0.339 e. The second kappa shape index (κ2) is 6.34. The summed E-state index contributed by atoms with van der Waals surface area (Å²) in [4.78, 5) is 14.8. The van der Waals surface area contributed by atoms with Gasteiger partial charge in [0.25, 0.3) is 0 Å². The Morgan fingerprint density at radius 2 is 1.91 bits per heavy atom. The predicted molar refractivity (Wildman–Crippen MR) is 89.6 cm³/mol. The zero-order valence-electron chi connectivity index (χ0n) is 13.5. The number of carbonyl (C=O) groups is 1. The summed E-state index contributed by atoms with van der Waals surface area (Å²) in [6.45, 7) is 0.920. The van der Waals surface area contributed by atoms with Crippen LogP contribution in [-0.2, 0) is 4.79 Å². The van der Waals surface area contributed by atoms with E-state index in [0.29, 0.717) is 22.9 Å². The molecule has 0 bridgehead atoms. The van der Waals surface area contributed by atoms with E-state index in [2.05, 4.69) is 15.1 Å². The Morgan fingerprint density at radius 3 is 2.74 bits per heavy atom. The molecule has 1 saturated heterocycles. The lowest BCUT2D eigenvalue weighted by atomic mass is 9.78. The van der Waals surface area contributed by atoms with Crippen molar-refractivity contribution in [1.29, 1.82) is 0 Å². The van der Waals surface area contributed by atoms with Crippen molar-refractivity contribution in [3.63, 3.8) is 0 Å².